The van der Waals surface area contributed by atoms with Crippen LogP contribution in [0.5, 0.6) is 11.5 Å². The minimum absolute atomic E-state index is 0.0246. The highest BCUT2D eigenvalue weighted by Crippen LogP contribution is 2.32. The molecule has 11 heteroatoms. The molecule has 0 N–H and O–H groups in total. The van der Waals surface area contributed by atoms with Crippen molar-refractivity contribution in [2.75, 3.05) is 13.2 Å². The van der Waals surface area contributed by atoms with E-state index >= 15 is 0 Å². The summed E-state index contributed by atoms with van der Waals surface area (Å²) in [6.45, 7) is 0.196. The van der Waals surface area contributed by atoms with Crippen LogP contribution in [0.3, 0.4) is 0 Å². The monoisotopic (exact) mass is 524 g/mol. The average Bonchev–Trinajstić information content (AvgIpc) is 3.12. The topological polar surface area (TPSA) is 116 Å². The summed E-state index contributed by atoms with van der Waals surface area (Å²) >= 11 is 6.64. The van der Waals surface area contributed by atoms with Gasteiger partial charge in [0.05, 0.1) is 21.9 Å². The Labute approximate surface area is 214 Å². The number of thioether (sulfide) groups is 1. The Kier molecular flexibility index (Phi) is 7.67. The Hall–Kier alpha value is -4.15. The van der Waals surface area contributed by atoms with E-state index in [1.165, 1.54) is 36.4 Å². The molecular formula is C25H17ClN2O7S. The van der Waals surface area contributed by atoms with Crippen molar-refractivity contribution in [3.05, 3.63) is 104 Å². The van der Waals surface area contributed by atoms with Gasteiger partial charge < -0.3 is 9.47 Å². The summed E-state index contributed by atoms with van der Waals surface area (Å²) in [7, 11) is 0. The third kappa shape index (κ3) is 6.09. The largest absolute Gasteiger partial charge is 0.492 e. The molecule has 0 bridgehead atoms. The summed E-state index contributed by atoms with van der Waals surface area (Å²) in [5.74, 6) is -0.477. The normalized spacial score (nSPS) is 14.2. The van der Waals surface area contributed by atoms with Crippen LogP contribution in [0.15, 0.2) is 77.7 Å². The van der Waals surface area contributed by atoms with Gasteiger partial charge in [0.15, 0.2) is 0 Å². The molecule has 0 radical (unpaired) electrons. The predicted octanol–water partition coefficient (Wildman–Crippen LogP) is 5.58. The number of ether oxygens (including phenoxy) is 2. The smallest absolute Gasteiger partial charge is 0.343 e. The Bertz CT molecular complexity index is 1370. The van der Waals surface area contributed by atoms with Gasteiger partial charge in [0, 0.05) is 17.2 Å². The van der Waals surface area contributed by atoms with Crippen molar-refractivity contribution in [3.8, 4) is 11.5 Å². The summed E-state index contributed by atoms with van der Waals surface area (Å²) in [5.41, 5.74) is 0.325. The molecule has 0 atom stereocenters. The number of nitrogens with zero attached hydrogens (tertiary/aromatic N) is 2. The second-order valence-corrected chi connectivity index (χ2v) is 8.83. The Morgan fingerprint density at radius 3 is 2.53 bits per heavy atom. The van der Waals surface area contributed by atoms with Gasteiger partial charge in [0.25, 0.3) is 16.8 Å². The van der Waals surface area contributed by atoms with Crippen LogP contribution in [0.1, 0.15) is 15.9 Å². The first-order valence-electron chi connectivity index (χ1n) is 10.5. The number of hydrogen-bond acceptors (Lipinski definition) is 8. The second-order valence-electron chi connectivity index (χ2n) is 7.41. The van der Waals surface area contributed by atoms with Gasteiger partial charge in [-0.3, -0.25) is 24.6 Å². The van der Waals surface area contributed by atoms with Crippen molar-refractivity contribution in [2.24, 2.45) is 0 Å². The number of benzene rings is 3. The molecule has 0 spiro atoms. The summed E-state index contributed by atoms with van der Waals surface area (Å²) in [6, 6.07) is 18.3. The predicted molar refractivity (Wildman–Crippen MR) is 134 cm³/mol. The van der Waals surface area contributed by atoms with Gasteiger partial charge in [-0.1, -0.05) is 29.8 Å². The number of non-ortho nitro benzene ring substituents is 1. The number of nitro groups is 1. The number of hydrogen-bond donors (Lipinski definition) is 0. The zero-order valence-electron chi connectivity index (χ0n) is 18.5. The van der Waals surface area contributed by atoms with Crippen LogP contribution >= 0.6 is 23.4 Å². The molecule has 2 amide bonds. The molecule has 1 aliphatic rings. The quantitative estimate of drug-likeness (QED) is 0.123. The maximum Gasteiger partial charge on any atom is 0.343 e. The molecule has 0 aromatic heterocycles. The molecule has 0 unspecified atom stereocenters. The number of halogens is 1. The van der Waals surface area contributed by atoms with Gasteiger partial charge in [-0.25, -0.2) is 4.79 Å². The maximum absolute atomic E-state index is 12.7. The minimum atomic E-state index is -0.767. The van der Waals surface area contributed by atoms with Crippen molar-refractivity contribution >= 4 is 52.2 Å². The van der Waals surface area contributed by atoms with Crippen LogP contribution in [-0.2, 0) is 4.79 Å². The molecule has 182 valence electrons. The van der Waals surface area contributed by atoms with E-state index in [0.29, 0.717) is 16.3 Å². The third-order valence-electron chi connectivity index (χ3n) is 4.93. The average molecular weight is 525 g/mol. The molecule has 36 heavy (non-hydrogen) atoms. The molecule has 1 saturated heterocycles. The van der Waals surface area contributed by atoms with Gasteiger partial charge in [-0.2, -0.15) is 0 Å². The van der Waals surface area contributed by atoms with Crippen LogP contribution in [-0.4, -0.2) is 40.1 Å². The fourth-order valence-corrected chi connectivity index (χ4v) is 4.20. The fourth-order valence-electron chi connectivity index (χ4n) is 3.21. The number of imide groups is 1. The van der Waals surface area contributed by atoms with E-state index in [9.17, 15) is 24.5 Å². The Morgan fingerprint density at radius 2 is 1.78 bits per heavy atom. The summed E-state index contributed by atoms with van der Waals surface area (Å²) in [6.07, 6.45) is 1.52. The van der Waals surface area contributed by atoms with E-state index in [-0.39, 0.29) is 35.1 Å². The highest BCUT2D eigenvalue weighted by molar-refractivity contribution is 8.18. The molecule has 4 rings (SSSR count). The number of nitro benzene ring substituents is 1. The molecule has 0 aliphatic carbocycles. The van der Waals surface area contributed by atoms with Crippen molar-refractivity contribution in [2.45, 2.75) is 0 Å². The highest BCUT2D eigenvalue weighted by Gasteiger charge is 2.34. The highest BCUT2D eigenvalue weighted by atomic mass is 35.5. The number of rotatable bonds is 8. The van der Waals surface area contributed by atoms with Gasteiger partial charge in [-0.05, 0) is 65.9 Å². The van der Waals surface area contributed by atoms with Crippen molar-refractivity contribution in [1.82, 2.24) is 4.90 Å². The number of esters is 1. The SMILES string of the molecule is O=C(Oc1cccc(/C=C2\SC(=O)N(CCOc3ccc(Cl)cc3)C2=O)c1)c1cccc([N+](=O)[O-])c1. The van der Waals surface area contributed by atoms with E-state index in [1.54, 1.807) is 36.4 Å². The van der Waals surface area contributed by atoms with E-state index in [2.05, 4.69) is 0 Å². The van der Waals surface area contributed by atoms with Crippen molar-refractivity contribution in [3.63, 3.8) is 0 Å². The van der Waals surface area contributed by atoms with Crippen molar-refractivity contribution in [1.29, 1.82) is 0 Å². The Morgan fingerprint density at radius 1 is 1.03 bits per heavy atom. The number of carbonyl (C=O) groups is 3. The summed E-state index contributed by atoms with van der Waals surface area (Å²) in [5, 5.41) is 11.1. The van der Waals surface area contributed by atoms with Gasteiger partial charge in [0.2, 0.25) is 0 Å². The van der Waals surface area contributed by atoms with E-state index < -0.39 is 22.0 Å². The molecule has 0 saturated carbocycles. The molecule has 1 aliphatic heterocycles. The summed E-state index contributed by atoms with van der Waals surface area (Å²) in [4.78, 5) is 49.2. The maximum atomic E-state index is 12.7. The molecule has 3 aromatic carbocycles. The van der Waals surface area contributed by atoms with Crippen molar-refractivity contribution < 1.29 is 28.8 Å². The van der Waals surface area contributed by atoms with Crippen LogP contribution in [0.25, 0.3) is 6.08 Å². The first-order valence-corrected chi connectivity index (χ1v) is 11.7. The first-order chi connectivity index (χ1) is 17.3. The zero-order valence-corrected chi connectivity index (χ0v) is 20.0. The molecule has 1 heterocycles. The standard InChI is InChI=1S/C25H17ClN2O7S/c26-18-7-9-20(10-8-18)34-12-11-27-23(29)22(36-25(27)31)14-16-3-1-6-21(13-16)35-24(30)17-4-2-5-19(15-17)28(32)33/h1-10,13-15H,11-12H2/b22-14-. The lowest BCUT2D eigenvalue weighted by Crippen LogP contribution is -2.32. The minimum Gasteiger partial charge on any atom is -0.492 e. The fraction of sp³-hybridized carbons (Fsp3) is 0.0800. The van der Waals surface area contributed by atoms with Gasteiger partial charge in [-0.15, -0.1) is 0 Å². The lowest BCUT2D eigenvalue weighted by molar-refractivity contribution is -0.384. The molecule has 3 aromatic rings. The van der Waals surface area contributed by atoms with Gasteiger partial charge in [0.1, 0.15) is 18.1 Å². The zero-order chi connectivity index (χ0) is 25.7. The van der Waals surface area contributed by atoms with E-state index in [1.807, 2.05) is 0 Å². The van der Waals surface area contributed by atoms with Crippen LogP contribution in [0, 0.1) is 10.1 Å². The van der Waals surface area contributed by atoms with E-state index in [4.69, 9.17) is 21.1 Å². The second kappa shape index (κ2) is 11.1. The van der Waals surface area contributed by atoms with E-state index in [0.717, 1.165) is 22.7 Å². The lowest BCUT2D eigenvalue weighted by atomic mass is 10.2. The Balaban J connectivity index is 1.40. The first kappa shape index (κ1) is 25.0. The van der Waals surface area contributed by atoms with Crippen LogP contribution < -0.4 is 9.47 Å². The van der Waals surface area contributed by atoms with Crippen LogP contribution in [0.2, 0.25) is 5.02 Å². The molecular weight excluding hydrogens is 508 g/mol. The third-order valence-corrected chi connectivity index (χ3v) is 6.09. The number of amides is 2. The molecule has 9 nitrogen and oxygen atoms in total. The number of carbonyl (C=O) groups excluding carboxylic acids is 3. The van der Waals surface area contributed by atoms with Crippen LogP contribution in [0.4, 0.5) is 10.5 Å². The van der Waals surface area contributed by atoms with Gasteiger partial charge >= 0.3 is 5.97 Å². The lowest BCUT2D eigenvalue weighted by Gasteiger charge is -2.13. The summed E-state index contributed by atoms with van der Waals surface area (Å²) < 4.78 is 10.9. The molecule has 1 fully saturated rings.